The third-order valence-electron chi connectivity index (χ3n) is 2.68. The van der Waals surface area contributed by atoms with Crippen molar-refractivity contribution in [3.05, 3.63) is 30.9 Å². The first-order valence-corrected chi connectivity index (χ1v) is 5.46. The van der Waals surface area contributed by atoms with Crippen LogP contribution in [0.5, 0.6) is 0 Å². The Hall–Kier alpha value is -1.56. The lowest BCUT2D eigenvalue weighted by atomic mass is 9.94. The lowest BCUT2D eigenvalue weighted by molar-refractivity contribution is -0.0547. The zero-order valence-electron chi connectivity index (χ0n) is 9.24. The minimum Gasteiger partial charge on any atom is -0.347 e. The molecule has 4 nitrogen and oxygen atoms in total. The Kier molecular flexibility index (Phi) is 3.63. The summed E-state index contributed by atoms with van der Waals surface area (Å²) in [5.41, 5.74) is 0. The molecule has 0 spiro atoms. The smallest absolute Gasteiger partial charge is 0.266 e. The molecule has 0 aromatic carbocycles. The molecule has 1 unspecified atom stereocenters. The summed E-state index contributed by atoms with van der Waals surface area (Å²) in [7, 11) is 0. The van der Waals surface area contributed by atoms with Crippen LogP contribution in [0.1, 0.15) is 6.42 Å². The van der Waals surface area contributed by atoms with E-state index >= 15 is 0 Å². The van der Waals surface area contributed by atoms with E-state index in [1.165, 1.54) is 18.6 Å². The molecular formula is C11H14F2N4. The molecule has 1 saturated heterocycles. The summed E-state index contributed by atoms with van der Waals surface area (Å²) in [5, 5.41) is 5.53. The predicted octanol–water partition coefficient (Wildman–Crippen LogP) is 1.65. The molecule has 1 aromatic heterocycles. The first-order valence-electron chi connectivity index (χ1n) is 5.46. The van der Waals surface area contributed by atoms with Gasteiger partial charge in [-0.2, -0.15) is 0 Å². The van der Waals surface area contributed by atoms with E-state index in [9.17, 15) is 8.78 Å². The van der Waals surface area contributed by atoms with Crippen molar-refractivity contribution < 1.29 is 8.78 Å². The Labute approximate surface area is 98.2 Å². The standard InChI is InChI=1S/C11H14F2N4/c12-11(13)7-14-4-1-9(11)2-6-16-10-3-5-15-8-17-10/h2-3,5-6,8-9,14H,1,4,7H2,(H,15,16,17)/b6-2-. The Bertz CT molecular complexity index is 380. The number of nitrogens with zero attached hydrogens (tertiary/aromatic N) is 2. The predicted molar refractivity (Wildman–Crippen MR) is 60.7 cm³/mol. The molecule has 1 aromatic rings. The van der Waals surface area contributed by atoms with Crippen molar-refractivity contribution in [3.63, 3.8) is 0 Å². The molecule has 92 valence electrons. The third kappa shape index (κ3) is 3.20. The fourth-order valence-electron chi connectivity index (χ4n) is 1.72. The van der Waals surface area contributed by atoms with E-state index in [0.29, 0.717) is 18.8 Å². The van der Waals surface area contributed by atoms with Gasteiger partial charge in [-0.3, -0.25) is 0 Å². The highest BCUT2D eigenvalue weighted by Gasteiger charge is 2.39. The molecule has 0 aliphatic carbocycles. The lowest BCUT2D eigenvalue weighted by Crippen LogP contribution is -2.45. The number of allylic oxidation sites excluding steroid dienone is 1. The van der Waals surface area contributed by atoms with Crippen LogP contribution in [0.3, 0.4) is 0 Å². The third-order valence-corrected chi connectivity index (χ3v) is 2.68. The maximum Gasteiger partial charge on any atom is 0.266 e. The Morgan fingerprint density at radius 3 is 3.12 bits per heavy atom. The van der Waals surface area contributed by atoms with Crippen LogP contribution in [0, 0.1) is 5.92 Å². The van der Waals surface area contributed by atoms with Crippen LogP contribution in [-0.4, -0.2) is 29.0 Å². The topological polar surface area (TPSA) is 49.8 Å². The molecule has 2 rings (SSSR count). The van der Waals surface area contributed by atoms with Crippen LogP contribution in [0.4, 0.5) is 14.6 Å². The van der Waals surface area contributed by atoms with E-state index in [0.717, 1.165) is 0 Å². The average molecular weight is 240 g/mol. The fraction of sp³-hybridized carbons (Fsp3) is 0.455. The summed E-state index contributed by atoms with van der Waals surface area (Å²) in [6, 6.07) is 1.67. The summed E-state index contributed by atoms with van der Waals surface area (Å²) in [6.45, 7) is 0.369. The molecule has 2 N–H and O–H groups in total. The van der Waals surface area contributed by atoms with Gasteiger partial charge in [0.1, 0.15) is 12.1 Å². The Morgan fingerprint density at radius 2 is 2.41 bits per heavy atom. The van der Waals surface area contributed by atoms with Crippen molar-refractivity contribution in [2.24, 2.45) is 5.92 Å². The molecule has 6 heteroatoms. The second-order valence-electron chi connectivity index (χ2n) is 3.93. The van der Waals surface area contributed by atoms with Gasteiger partial charge in [0.25, 0.3) is 5.92 Å². The van der Waals surface area contributed by atoms with Gasteiger partial charge in [0.05, 0.1) is 6.54 Å². The van der Waals surface area contributed by atoms with Crippen LogP contribution in [0.25, 0.3) is 0 Å². The van der Waals surface area contributed by atoms with E-state index < -0.39 is 11.8 Å². The van der Waals surface area contributed by atoms with Crippen LogP contribution >= 0.6 is 0 Å². The summed E-state index contributed by atoms with van der Waals surface area (Å²) in [6.07, 6.45) is 6.45. The van der Waals surface area contributed by atoms with E-state index in [2.05, 4.69) is 20.6 Å². The van der Waals surface area contributed by atoms with Gasteiger partial charge in [-0.25, -0.2) is 18.7 Å². The van der Waals surface area contributed by atoms with E-state index in [1.54, 1.807) is 12.3 Å². The number of alkyl halides is 2. The first-order chi connectivity index (χ1) is 8.18. The summed E-state index contributed by atoms with van der Waals surface area (Å²) in [4.78, 5) is 7.69. The molecule has 0 saturated carbocycles. The normalized spacial score (nSPS) is 23.8. The maximum absolute atomic E-state index is 13.4. The Balaban J connectivity index is 1.92. The van der Waals surface area contributed by atoms with Crippen molar-refractivity contribution in [2.75, 3.05) is 18.4 Å². The molecule has 1 fully saturated rings. The number of hydrogen-bond acceptors (Lipinski definition) is 4. The summed E-state index contributed by atoms with van der Waals surface area (Å²) < 4.78 is 26.9. The quantitative estimate of drug-likeness (QED) is 0.843. The molecular weight excluding hydrogens is 226 g/mol. The van der Waals surface area contributed by atoms with Gasteiger partial charge in [-0.1, -0.05) is 6.08 Å². The van der Waals surface area contributed by atoms with E-state index in [1.807, 2.05) is 0 Å². The van der Waals surface area contributed by atoms with Crippen molar-refractivity contribution >= 4 is 5.82 Å². The van der Waals surface area contributed by atoms with Gasteiger partial charge >= 0.3 is 0 Å². The summed E-state index contributed by atoms with van der Waals surface area (Å²) >= 11 is 0. The number of halogens is 2. The van der Waals surface area contributed by atoms with Gasteiger partial charge in [0.2, 0.25) is 0 Å². The molecule has 0 bridgehead atoms. The molecule has 0 radical (unpaired) electrons. The van der Waals surface area contributed by atoms with Crippen molar-refractivity contribution in [3.8, 4) is 0 Å². The molecule has 0 amide bonds. The Morgan fingerprint density at radius 1 is 1.53 bits per heavy atom. The summed E-state index contributed by atoms with van der Waals surface area (Å²) in [5.74, 6) is -2.81. The molecule has 1 atom stereocenters. The number of rotatable bonds is 3. The van der Waals surface area contributed by atoms with Gasteiger partial charge < -0.3 is 10.6 Å². The fourth-order valence-corrected chi connectivity index (χ4v) is 1.72. The van der Waals surface area contributed by atoms with E-state index in [-0.39, 0.29) is 6.54 Å². The maximum atomic E-state index is 13.4. The second kappa shape index (κ2) is 5.18. The zero-order valence-corrected chi connectivity index (χ0v) is 9.24. The monoisotopic (exact) mass is 240 g/mol. The van der Waals surface area contributed by atoms with Crippen LogP contribution in [0.15, 0.2) is 30.9 Å². The zero-order chi connectivity index (χ0) is 12.1. The van der Waals surface area contributed by atoms with Crippen molar-refractivity contribution in [1.82, 2.24) is 15.3 Å². The van der Waals surface area contributed by atoms with Crippen LogP contribution < -0.4 is 10.6 Å². The van der Waals surface area contributed by atoms with Gasteiger partial charge in [0.15, 0.2) is 0 Å². The molecule has 1 aliphatic heterocycles. The number of nitrogens with one attached hydrogen (secondary N) is 2. The largest absolute Gasteiger partial charge is 0.347 e. The highest BCUT2D eigenvalue weighted by molar-refractivity contribution is 5.35. The molecule has 1 aliphatic rings. The van der Waals surface area contributed by atoms with Crippen molar-refractivity contribution in [1.29, 1.82) is 0 Å². The molecule has 2 heterocycles. The number of anilines is 1. The second-order valence-corrected chi connectivity index (χ2v) is 3.93. The SMILES string of the molecule is FC1(F)CNCCC1/C=C\Nc1ccncn1. The highest BCUT2D eigenvalue weighted by Crippen LogP contribution is 2.30. The van der Waals surface area contributed by atoms with Crippen molar-refractivity contribution in [2.45, 2.75) is 12.3 Å². The number of aromatic nitrogens is 2. The number of piperidine rings is 1. The minimum absolute atomic E-state index is 0.254. The van der Waals surface area contributed by atoms with E-state index in [4.69, 9.17) is 0 Å². The van der Waals surface area contributed by atoms with Gasteiger partial charge in [-0.15, -0.1) is 0 Å². The minimum atomic E-state index is -2.68. The van der Waals surface area contributed by atoms with Gasteiger partial charge in [0, 0.05) is 12.1 Å². The van der Waals surface area contributed by atoms with Crippen LogP contribution in [0.2, 0.25) is 0 Å². The van der Waals surface area contributed by atoms with Crippen LogP contribution in [-0.2, 0) is 0 Å². The molecule has 17 heavy (non-hydrogen) atoms. The average Bonchev–Trinajstić information content (AvgIpc) is 2.32. The first kappa shape index (κ1) is 11.9. The lowest BCUT2D eigenvalue weighted by Gasteiger charge is -2.29. The highest BCUT2D eigenvalue weighted by atomic mass is 19.3. The van der Waals surface area contributed by atoms with Gasteiger partial charge in [-0.05, 0) is 25.2 Å². The number of hydrogen-bond donors (Lipinski definition) is 2.